The van der Waals surface area contributed by atoms with Crippen LogP contribution >= 0.6 is 0 Å². The lowest BCUT2D eigenvalue weighted by Crippen LogP contribution is -2.20. The molecule has 0 saturated carbocycles. The Morgan fingerprint density at radius 3 is 2.88 bits per heavy atom. The summed E-state index contributed by atoms with van der Waals surface area (Å²) in [6.07, 6.45) is 5.49. The van der Waals surface area contributed by atoms with E-state index in [2.05, 4.69) is 20.3 Å². The summed E-state index contributed by atoms with van der Waals surface area (Å²) < 4.78 is 27.9. The molecule has 4 nitrogen and oxygen atoms in total. The minimum absolute atomic E-state index is 0.0457. The number of fused-ring (bicyclic) bond motifs is 1. The van der Waals surface area contributed by atoms with Crippen molar-refractivity contribution in [3.63, 3.8) is 0 Å². The van der Waals surface area contributed by atoms with Gasteiger partial charge in [0.15, 0.2) is 11.6 Å². The van der Waals surface area contributed by atoms with E-state index in [-0.39, 0.29) is 11.5 Å². The zero-order valence-corrected chi connectivity index (χ0v) is 12.7. The van der Waals surface area contributed by atoms with Crippen molar-refractivity contribution in [3.8, 4) is 11.1 Å². The van der Waals surface area contributed by atoms with Crippen LogP contribution in [0.1, 0.15) is 23.6 Å². The number of aromatic nitrogens is 3. The molecule has 0 amide bonds. The molecule has 120 valence electrons. The van der Waals surface area contributed by atoms with Gasteiger partial charge in [0, 0.05) is 41.5 Å². The normalized spacial score (nSPS) is 16.3. The topological polar surface area (TPSA) is 50.7 Å². The van der Waals surface area contributed by atoms with Crippen molar-refractivity contribution in [2.45, 2.75) is 12.3 Å². The van der Waals surface area contributed by atoms with Crippen molar-refractivity contribution in [1.82, 2.24) is 15.0 Å². The van der Waals surface area contributed by atoms with Crippen molar-refractivity contribution in [1.29, 1.82) is 0 Å². The van der Waals surface area contributed by atoms with Crippen LogP contribution in [-0.2, 0) is 0 Å². The van der Waals surface area contributed by atoms with Crippen molar-refractivity contribution in [2.24, 2.45) is 0 Å². The van der Waals surface area contributed by atoms with E-state index in [1.165, 1.54) is 18.6 Å². The number of benzene rings is 1. The van der Waals surface area contributed by atoms with Gasteiger partial charge in [0.1, 0.15) is 12.1 Å². The Morgan fingerprint density at radius 2 is 1.96 bits per heavy atom. The summed E-state index contributed by atoms with van der Waals surface area (Å²) in [6.45, 7) is 0.740. The highest BCUT2D eigenvalue weighted by atomic mass is 19.2. The van der Waals surface area contributed by atoms with E-state index in [1.807, 2.05) is 12.1 Å². The zero-order valence-electron chi connectivity index (χ0n) is 12.7. The Kier molecular flexibility index (Phi) is 3.65. The molecule has 4 rings (SSSR count). The van der Waals surface area contributed by atoms with E-state index in [4.69, 9.17) is 0 Å². The number of hydrogen-bond donors (Lipinski definition) is 1. The number of hydrogen-bond acceptors (Lipinski definition) is 4. The molecule has 2 aromatic heterocycles. The second kappa shape index (κ2) is 5.96. The van der Waals surface area contributed by atoms with Crippen LogP contribution in [-0.4, -0.2) is 21.5 Å². The fourth-order valence-electron chi connectivity index (χ4n) is 3.16. The Morgan fingerprint density at radius 1 is 1.04 bits per heavy atom. The van der Waals surface area contributed by atoms with Crippen molar-refractivity contribution < 1.29 is 8.78 Å². The average Bonchev–Trinajstić information content (AvgIpc) is 2.64. The first-order chi connectivity index (χ1) is 11.8. The van der Waals surface area contributed by atoms with E-state index < -0.39 is 11.6 Å². The Hall–Kier alpha value is -2.89. The molecule has 24 heavy (non-hydrogen) atoms. The molecule has 3 heterocycles. The van der Waals surface area contributed by atoms with Crippen LogP contribution in [0.3, 0.4) is 0 Å². The van der Waals surface area contributed by atoms with Crippen LogP contribution in [0.5, 0.6) is 0 Å². The van der Waals surface area contributed by atoms with Gasteiger partial charge in [-0.2, -0.15) is 0 Å². The second-order valence-electron chi connectivity index (χ2n) is 5.63. The number of nitrogens with zero attached hydrogens (tertiary/aromatic N) is 3. The van der Waals surface area contributed by atoms with Crippen LogP contribution in [0.25, 0.3) is 11.1 Å². The fourth-order valence-corrected chi connectivity index (χ4v) is 3.16. The summed E-state index contributed by atoms with van der Waals surface area (Å²) in [7, 11) is 0. The van der Waals surface area contributed by atoms with Gasteiger partial charge in [0.2, 0.25) is 0 Å². The minimum atomic E-state index is -0.881. The third-order valence-corrected chi connectivity index (χ3v) is 4.25. The van der Waals surface area contributed by atoms with E-state index in [1.54, 1.807) is 12.3 Å². The minimum Gasteiger partial charge on any atom is -0.370 e. The standard InChI is InChI=1S/C18H14F2N4/c19-15-5-1-3-11(16(15)20)14-9-21-10-24-17(14)12-6-8-23-18-13(12)4-2-7-22-18/h1-5,7,9-10,12H,6,8H2,(H,22,23). The Balaban J connectivity index is 1.89. The molecule has 1 aliphatic heterocycles. The largest absolute Gasteiger partial charge is 0.370 e. The van der Waals surface area contributed by atoms with Crippen LogP contribution in [0.2, 0.25) is 0 Å². The highest BCUT2D eigenvalue weighted by Crippen LogP contribution is 2.39. The first kappa shape index (κ1) is 14.7. The van der Waals surface area contributed by atoms with Crippen LogP contribution < -0.4 is 5.32 Å². The molecule has 6 heteroatoms. The van der Waals surface area contributed by atoms with Gasteiger partial charge in [0.05, 0.1) is 5.69 Å². The van der Waals surface area contributed by atoms with Crippen LogP contribution in [0.4, 0.5) is 14.6 Å². The van der Waals surface area contributed by atoms with Crippen molar-refractivity contribution in [2.75, 3.05) is 11.9 Å². The Labute approximate surface area is 137 Å². The fraction of sp³-hybridized carbons (Fsp3) is 0.167. The zero-order chi connectivity index (χ0) is 16.5. The van der Waals surface area contributed by atoms with Gasteiger partial charge in [-0.15, -0.1) is 0 Å². The number of halogens is 2. The Bertz CT molecular complexity index is 898. The predicted octanol–water partition coefficient (Wildman–Crippen LogP) is 3.76. The summed E-state index contributed by atoms with van der Waals surface area (Å²) >= 11 is 0. The van der Waals surface area contributed by atoms with Crippen LogP contribution in [0, 0.1) is 11.6 Å². The first-order valence-electron chi connectivity index (χ1n) is 7.69. The molecule has 0 bridgehead atoms. The van der Waals surface area contributed by atoms with Gasteiger partial charge in [-0.05, 0) is 18.6 Å². The smallest absolute Gasteiger partial charge is 0.166 e. The maximum Gasteiger partial charge on any atom is 0.166 e. The molecule has 0 radical (unpaired) electrons. The van der Waals surface area contributed by atoms with Crippen LogP contribution in [0.15, 0.2) is 49.1 Å². The summed E-state index contributed by atoms with van der Waals surface area (Å²) in [5.41, 5.74) is 2.37. The molecule has 0 aliphatic carbocycles. The molecule has 0 spiro atoms. The van der Waals surface area contributed by atoms with Gasteiger partial charge in [-0.3, -0.25) is 0 Å². The molecular weight excluding hydrogens is 310 g/mol. The summed E-state index contributed by atoms with van der Waals surface area (Å²) in [4.78, 5) is 12.7. The van der Waals surface area contributed by atoms with Crippen molar-refractivity contribution in [3.05, 3.63) is 71.9 Å². The second-order valence-corrected chi connectivity index (χ2v) is 5.63. The lowest BCUT2D eigenvalue weighted by molar-refractivity contribution is 0.511. The third-order valence-electron chi connectivity index (χ3n) is 4.25. The molecule has 1 unspecified atom stereocenters. The highest BCUT2D eigenvalue weighted by molar-refractivity contribution is 5.68. The molecule has 1 N–H and O–H groups in total. The van der Waals surface area contributed by atoms with E-state index in [0.717, 1.165) is 30.4 Å². The van der Waals surface area contributed by atoms with Crippen molar-refractivity contribution >= 4 is 5.82 Å². The molecule has 0 fully saturated rings. The number of rotatable bonds is 2. The van der Waals surface area contributed by atoms with Gasteiger partial charge in [-0.1, -0.05) is 18.2 Å². The van der Waals surface area contributed by atoms with Gasteiger partial charge in [0.25, 0.3) is 0 Å². The predicted molar refractivity (Wildman–Crippen MR) is 86.6 cm³/mol. The number of nitrogens with one attached hydrogen (secondary N) is 1. The molecule has 0 saturated heterocycles. The molecule has 1 aromatic carbocycles. The summed E-state index contributed by atoms with van der Waals surface area (Å²) in [5.74, 6) is -1.00. The summed E-state index contributed by atoms with van der Waals surface area (Å²) in [6, 6.07) is 7.98. The lowest BCUT2D eigenvalue weighted by Gasteiger charge is -2.26. The first-order valence-corrected chi connectivity index (χ1v) is 7.69. The molecule has 1 aliphatic rings. The third kappa shape index (κ3) is 2.40. The SMILES string of the molecule is Fc1cccc(-c2cncnc2C2CCNc3ncccc32)c1F. The van der Waals surface area contributed by atoms with Gasteiger partial charge < -0.3 is 5.32 Å². The van der Waals surface area contributed by atoms with E-state index in [9.17, 15) is 8.78 Å². The maximum atomic E-state index is 14.3. The van der Waals surface area contributed by atoms with Gasteiger partial charge in [-0.25, -0.2) is 23.7 Å². The molecule has 1 atom stereocenters. The van der Waals surface area contributed by atoms with Gasteiger partial charge >= 0.3 is 0 Å². The summed E-state index contributed by atoms with van der Waals surface area (Å²) in [5, 5.41) is 3.25. The van der Waals surface area contributed by atoms with E-state index >= 15 is 0 Å². The quantitative estimate of drug-likeness (QED) is 0.780. The molecule has 3 aromatic rings. The molecular formula is C18H14F2N4. The monoisotopic (exact) mass is 324 g/mol. The number of pyridine rings is 1. The average molecular weight is 324 g/mol. The highest BCUT2D eigenvalue weighted by Gasteiger charge is 2.27. The lowest BCUT2D eigenvalue weighted by atomic mass is 9.86. The maximum absolute atomic E-state index is 14.3. The number of anilines is 1. The van der Waals surface area contributed by atoms with E-state index in [0.29, 0.717) is 11.3 Å².